The zero-order chi connectivity index (χ0) is 23.0. The van der Waals surface area contributed by atoms with Crippen LogP contribution in [-0.4, -0.2) is 35.2 Å². The SMILES string of the molecule is COc1cccc(-c2noc(COC(=O)[C@H](Cc3ccccc3)NC(=O)c3ccco3)n2)c1. The molecule has 4 rings (SSSR count). The van der Waals surface area contributed by atoms with Gasteiger partial charge in [0.2, 0.25) is 5.82 Å². The zero-order valence-electron chi connectivity index (χ0n) is 17.8. The molecule has 0 fully saturated rings. The van der Waals surface area contributed by atoms with Crippen LogP contribution in [0.5, 0.6) is 5.75 Å². The number of carbonyl (C=O) groups is 2. The van der Waals surface area contributed by atoms with Gasteiger partial charge in [-0.1, -0.05) is 47.6 Å². The molecule has 1 atom stereocenters. The lowest BCUT2D eigenvalue weighted by atomic mass is 10.1. The second kappa shape index (κ2) is 10.3. The summed E-state index contributed by atoms with van der Waals surface area (Å²) in [5.41, 5.74) is 1.56. The lowest BCUT2D eigenvalue weighted by Crippen LogP contribution is -2.43. The van der Waals surface area contributed by atoms with E-state index in [2.05, 4.69) is 15.5 Å². The van der Waals surface area contributed by atoms with Gasteiger partial charge in [-0.15, -0.1) is 0 Å². The Hall–Kier alpha value is -4.40. The number of esters is 1. The topological polar surface area (TPSA) is 117 Å². The van der Waals surface area contributed by atoms with Crippen molar-refractivity contribution in [2.24, 2.45) is 0 Å². The van der Waals surface area contributed by atoms with Crippen molar-refractivity contribution < 1.29 is 28.0 Å². The minimum atomic E-state index is -0.939. The van der Waals surface area contributed by atoms with Crippen molar-refractivity contribution in [3.8, 4) is 17.1 Å². The van der Waals surface area contributed by atoms with Crippen molar-refractivity contribution in [2.45, 2.75) is 19.1 Å². The highest BCUT2D eigenvalue weighted by molar-refractivity contribution is 5.94. The molecule has 0 aliphatic carbocycles. The fraction of sp³-hybridized carbons (Fsp3) is 0.167. The summed E-state index contributed by atoms with van der Waals surface area (Å²) in [6, 6.07) is 18.6. The van der Waals surface area contributed by atoms with Gasteiger partial charge < -0.3 is 23.7 Å². The highest BCUT2D eigenvalue weighted by atomic mass is 16.6. The Kier molecular flexibility index (Phi) is 6.79. The van der Waals surface area contributed by atoms with Crippen molar-refractivity contribution in [3.63, 3.8) is 0 Å². The fourth-order valence-corrected chi connectivity index (χ4v) is 3.11. The van der Waals surface area contributed by atoms with E-state index in [1.807, 2.05) is 36.4 Å². The first-order valence-corrected chi connectivity index (χ1v) is 10.1. The number of rotatable bonds is 9. The van der Waals surface area contributed by atoms with Crippen molar-refractivity contribution in [3.05, 3.63) is 90.2 Å². The smallest absolute Gasteiger partial charge is 0.329 e. The number of amides is 1. The summed E-state index contributed by atoms with van der Waals surface area (Å²) in [4.78, 5) is 29.5. The van der Waals surface area contributed by atoms with Crippen LogP contribution >= 0.6 is 0 Å². The predicted molar refractivity (Wildman–Crippen MR) is 116 cm³/mol. The van der Waals surface area contributed by atoms with E-state index in [-0.39, 0.29) is 24.7 Å². The largest absolute Gasteiger partial charge is 0.497 e. The van der Waals surface area contributed by atoms with Crippen LogP contribution in [0.2, 0.25) is 0 Å². The van der Waals surface area contributed by atoms with Crippen LogP contribution in [0.15, 0.2) is 81.9 Å². The summed E-state index contributed by atoms with van der Waals surface area (Å²) in [5, 5.41) is 6.58. The fourth-order valence-electron chi connectivity index (χ4n) is 3.11. The molecule has 168 valence electrons. The minimum absolute atomic E-state index is 0.0979. The van der Waals surface area contributed by atoms with Gasteiger partial charge in [-0.3, -0.25) is 4.79 Å². The van der Waals surface area contributed by atoms with E-state index in [9.17, 15) is 9.59 Å². The number of hydrogen-bond acceptors (Lipinski definition) is 8. The van der Waals surface area contributed by atoms with E-state index >= 15 is 0 Å². The summed E-state index contributed by atoms with van der Waals surface area (Å²) < 4.78 is 20.9. The van der Waals surface area contributed by atoms with Gasteiger partial charge in [0, 0.05) is 12.0 Å². The molecule has 0 saturated heterocycles. The van der Waals surface area contributed by atoms with Gasteiger partial charge in [-0.25, -0.2) is 4.79 Å². The van der Waals surface area contributed by atoms with Gasteiger partial charge in [0.1, 0.15) is 11.8 Å². The molecule has 0 aliphatic heterocycles. The van der Waals surface area contributed by atoms with Gasteiger partial charge in [-0.05, 0) is 29.8 Å². The maximum atomic E-state index is 12.8. The number of furan rings is 1. The summed E-state index contributed by atoms with van der Waals surface area (Å²) in [6.45, 7) is -0.238. The number of ether oxygens (including phenoxy) is 2. The Labute approximate surface area is 189 Å². The Balaban J connectivity index is 1.43. The molecule has 2 aromatic carbocycles. The zero-order valence-corrected chi connectivity index (χ0v) is 17.8. The summed E-state index contributed by atoms with van der Waals surface area (Å²) in [7, 11) is 1.57. The summed E-state index contributed by atoms with van der Waals surface area (Å²) >= 11 is 0. The lowest BCUT2D eigenvalue weighted by Gasteiger charge is -2.16. The molecule has 1 amide bonds. The van der Waals surface area contributed by atoms with E-state index in [0.717, 1.165) is 5.56 Å². The quantitative estimate of drug-likeness (QED) is 0.388. The Morgan fingerprint density at radius 2 is 1.91 bits per heavy atom. The van der Waals surface area contributed by atoms with E-state index in [0.29, 0.717) is 17.1 Å². The summed E-state index contributed by atoms with van der Waals surface area (Å²) in [6.07, 6.45) is 1.62. The average Bonchev–Trinajstić information content (AvgIpc) is 3.55. The minimum Gasteiger partial charge on any atom is -0.497 e. The molecular weight excluding hydrogens is 426 g/mol. The molecule has 0 spiro atoms. The van der Waals surface area contributed by atoms with Gasteiger partial charge in [0.25, 0.3) is 11.8 Å². The maximum absolute atomic E-state index is 12.8. The highest BCUT2D eigenvalue weighted by Gasteiger charge is 2.25. The van der Waals surface area contributed by atoms with Crippen LogP contribution in [0.4, 0.5) is 0 Å². The number of nitrogens with zero attached hydrogens (tertiary/aromatic N) is 2. The third-order valence-electron chi connectivity index (χ3n) is 4.75. The first kappa shape index (κ1) is 21.8. The first-order chi connectivity index (χ1) is 16.1. The molecule has 0 unspecified atom stereocenters. The van der Waals surface area contributed by atoms with Crippen molar-refractivity contribution in [2.75, 3.05) is 7.11 Å². The van der Waals surface area contributed by atoms with E-state index in [4.69, 9.17) is 18.4 Å². The van der Waals surface area contributed by atoms with Crippen LogP contribution in [0.25, 0.3) is 11.4 Å². The number of methoxy groups -OCH3 is 1. The Bertz CT molecular complexity index is 1200. The second-order valence-electron chi connectivity index (χ2n) is 7.04. The van der Waals surface area contributed by atoms with Crippen molar-refractivity contribution in [1.82, 2.24) is 15.5 Å². The third kappa shape index (κ3) is 5.65. The molecule has 0 aliphatic rings. The Morgan fingerprint density at radius 1 is 1.06 bits per heavy atom. The molecule has 0 saturated carbocycles. The number of hydrogen-bond donors (Lipinski definition) is 1. The van der Waals surface area contributed by atoms with Crippen LogP contribution in [-0.2, 0) is 22.6 Å². The monoisotopic (exact) mass is 447 g/mol. The number of aromatic nitrogens is 2. The average molecular weight is 447 g/mol. The van der Waals surface area contributed by atoms with E-state index < -0.39 is 17.9 Å². The van der Waals surface area contributed by atoms with Gasteiger partial charge in [0.15, 0.2) is 12.4 Å². The third-order valence-corrected chi connectivity index (χ3v) is 4.75. The molecule has 0 bridgehead atoms. The number of benzene rings is 2. The van der Waals surface area contributed by atoms with Crippen LogP contribution < -0.4 is 10.1 Å². The van der Waals surface area contributed by atoms with Crippen molar-refractivity contribution in [1.29, 1.82) is 0 Å². The number of nitrogens with one attached hydrogen (secondary N) is 1. The lowest BCUT2D eigenvalue weighted by molar-refractivity contribution is -0.148. The first-order valence-electron chi connectivity index (χ1n) is 10.1. The molecule has 33 heavy (non-hydrogen) atoms. The van der Waals surface area contributed by atoms with Gasteiger partial charge in [-0.2, -0.15) is 4.98 Å². The second-order valence-corrected chi connectivity index (χ2v) is 7.04. The van der Waals surface area contributed by atoms with E-state index in [1.54, 1.807) is 31.4 Å². The highest BCUT2D eigenvalue weighted by Crippen LogP contribution is 2.21. The van der Waals surface area contributed by atoms with Crippen LogP contribution in [0.3, 0.4) is 0 Å². The molecular formula is C24H21N3O6. The standard InChI is InChI=1S/C24H21N3O6/c1-30-18-10-5-9-17(14-18)22-26-21(33-27-22)15-32-24(29)19(13-16-7-3-2-4-8-16)25-23(28)20-11-6-12-31-20/h2-12,14,19H,13,15H2,1H3,(H,25,28)/t19-/m0/s1. The van der Waals surface area contributed by atoms with Gasteiger partial charge in [0.05, 0.1) is 13.4 Å². The van der Waals surface area contributed by atoms with Crippen molar-refractivity contribution >= 4 is 11.9 Å². The molecule has 2 heterocycles. The Morgan fingerprint density at radius 3 is 2.67 bits per heavy atom. The molecule has 4 aromatic rings. The predicted octanol–water partition coefficient (Wildman–Crippen LogP) is 3.42. The molecule has 9 heteroatoms. The summed E-state index contributed by atoms with van der Waals surface area (Å²) in [5.74, 6) is 0.0572. The molecule has 2 aromatic heterocycles. The van der Waals surface area contributed by atoms with Crippen LogP contribution in [0, 0.1) is 0 Å². The molecule has 0 radical (unpaired) electrons. The molecule has 1 N–H and O–H groups in total. The van der Waals surface area contributed by atoms with E-state index in [1.165, 1.54) is 12.3 Å². The van der Waals surface area contributed by atoms with Crippen LogP contribution in [0.1, 0.15) is 22.0 Å². The normalized spacial score (nSPS) is 11.5. The number of carbonyl (C=O) groups excluding carboxylic acids is 2. The molecule has 9 nitrogen and oxygen atoms in total. The van der Waals surface area contributed by atoms with Gasteiger partial charge >= 0.3 is 5.97 Å². The maximum Gasteiger partial charge on any atom is 0.329 e.